The zero-order chi connectivity index (χ0) is 17.1. The van der Waals surface area contributed by atoms with Crippen LogP contribution in [0.3, 0.4) is 0 Å². The van der Waals surface area contributed by atoms with Crippen LogP contribution in [0.2, 0.25) is 0 Å². The molecule has 124 valence electrons. The lowest BCUT2D eigenvalue weighted by Crippen LogP contribution is -2.42. The zero-order valence-electron chi connectivity index (χ0n) is 14.1. The molecule has 2 aliphatic heterocycles. The van der Waals surface area contributed by atoms with Crippen LogP contribution in [0.5, 0.6) is 0 Å². The molecule has 2 heterocycles. The van der Waals surface area contributed by atoms with E-state index >= 15 is 0 Å². The summed E-state index contributed by atoms with van der Waals surface area (Å²) in [5.41, 5.74) is 8.52. The van der Waals surface area contributed by atoms with Gasteiger partial charge in [-0.05, 0) is 46.6 Å². The number of rotatable bonds is 0. The third-order valence-corrected chi connectivity index (χ3v) is 5.75. The molecular weight excluding hydrogens is 318 g/mol. The van der Waals surface area contributed by atoms with Gasteiger partial charge in [0.25, 0.3) is 0 Å². The number of dihydropyridines is 1. The van der Waals surface area contributed by atoms with Gasteiger partial charge in [0.05, 0.1) is 6.26 Å². The first-order valence-corrected chi connectivity index (χ1v) is 8.99. The topological polar surface area (TPSA) is 21.3 Å². The molecule has 0 saturated heterocycles. The Morgan fingerprint density at radius 2 is 1.62 bits per heavy atom. The number of nitrogens with one attached hydrogen (secondary N) is 1. The second-order valence-electron chi connectivity index (χ2n) is 7.05. The van der Waals surface area contributed by atoms with Crippen LogP contribution in [0.25, 0.3) is 11.1 Å². The van der Waals surface area contributed by atoms with Crippen molar-refractivity contribution in [3.8, 4) is 11.1 Å². The zero-order valence-corrected chi connectivity index (χ0v) is 14.1. The number of hydrogen-bond donors (Lipinski definition) is 1. The molecule has 0 bridgehead atoms. The summed E-state index contributed by atoms with van der Waals surface area (Å²) in [7, 11) is 0. The standard InChI is InChI=1S/C24H17NO/c1-3-9-20-16(6-1)17-7-2-4-10-21(17)24(20)14-13-18-19-8-5-15-26-23(19)12-11-22(18)25-24/h1-15,23,25H. The van der Waals surface area contributed by atoms with Gasteiger partial charge in [0, 0.05) is 16.8 Å². The Kier molecular flexibility index (Phi) is 2.63. The SMILES string of the molecule is C1=COC2C=CC3=C(C=CC4(N3)c3ccccc3-c3ccccc34)C2=C1. The van der Waals surface area contributed by atoms with Crippen molar-refractivity contribution in [2.24, 2.45) is 0 Å². The van der Waals surface area contributed by atoms with Crippen molar-refractivity contribution in [2.75, 3.05) is 0 Å². The molecule has 26 heavy (non-hydrogen) atoms. The number of benzene rings is 2. The van der Waals surface area contributed by atoms with E-state index in [9.17, 15) is 0 Å². The molecule has 1 unspecified atom stereocenters. The highest BCUT2D eigenvalue weighted by Crippen LogP contribution is 2.50. The first-order chi connectivity index (χ1) is 12.9. The predicted octanol–water partition coefficient (Wildman–Crippen LogP) is 4.73. The maximum Gasteiger partial charge on any atom is 0.142 e. The van der Waals surface area contributed by atoms with E-state index in [1.165, 1.54) is 33.4 Å². The first-order valence-electron chi connectivity index (χ1n) is 8.99. The van der Waals surface area contributed by atoms with Gasteiger partial charge in [0.1, 0.15) is 11.6 Å². The van der Waals surface area contributed by atoms with Crippen molar-refractivity contribution in [1.82, 2.24) is 5.32 Å². The molecule has 0 saturated carbocycles. The lowest BCUT2D eigenvalue weighted by atomic mass is 9.80. The molecule has 6 rings (SSSR count). The normalized spacial score (nSPS) is 22.8. The van der Waals surface area contributed by atoms with Gasteiger partial charge in [0.2, 0.25) is 0 Å². The van der Waals surface area contributed by atoms with E-state index in [4.69, 9.17) is 4.74 Å². The predicted molar refractivity (Wildman–Crippen MR) is 103 cm³/mol. The van der Waals surface area contributed by atoms with Crippen LogP contribution >= 0.6 is 0 Å². The molecular formula is C24H17NO. The van der Waals surface area contributed by atoms with E-state index in [1.807, 2.05) is 6.08 Å². The maximum absolute atomic E-state index is 5.73. The van der Waals surface area contributed by atoms with E-state index in [0.29, 0.717) is 0 Å². The van der Waals surface area contributed by atoms with Crippen LogP contribution < -0.4 is 5.32 Å². The molecule has 0 amide bonds. The van der Waals surface area contributed by atoms with Crippen LogP contribution in [0.4, 0.5) is 0 Å². The third kappa shape index (κ3) is 1.66. The number of hydrogen-bond acceptors (Lipinski definition) is 2. The second kappa shape index (κ2) is 4.89. The highest BCUT2D eigenvalue weighted by Gasteiger charge is 2.43. The summed E-state index contributed by atoms with van der Waals surface area (Å²) in [6.07, 6.45) is 14.7. The molecule has 1 atom stereocenters. The Labute approximate surface area is 152 Å². The van der Waals surface area contributed by atoms with Gasteiger partial charge >= 0.3 is 0 Å². The summed E-state index contributed by atoms with van der Waals surface area (Å²) in [6.45, 7) is 0. The average Bonchev–Trinajstić information content (AvgIpc) is 2.98. The summed E-state index contributed by atoms with van der Waals surface area (Å²) in [4.78, 5) is 0. The van der Waals surface area contributed by atoms with Crippen molar-refractivity contribution in [2.45, 2.75) is 11.6 Å². The number of ether oxygens (including phenoxy) is 1. The fourth-order valence-corrected chi connectivity index (χ4v) is 4.60. The first kappa shape index (κ1) is 14.0. The van der Waals surface area contributed by atoms with Crippen molar-refractivity contribution in [3.63, 3.8) is 0 Å². The monoisotopic (exact) mass is 335 g/mol. The van der Waals surface area contributed by atoms with E-state index in [-0.39, 0.29) is 11.6 Å². The van der Waals surface area contributed by atoms with Gasteiger partial charge in [-0.2, -0.15) is 0 Å². The van der Waals surface area contributed by atoms with E-state index < -0.39 is 0 Å². The number of fused-ring (bicyclic) bond motifs is 7. The lowest BCUT2D eigenvalue weighted by molar-refractivity contribution is 0.214. The molecule has 2 heteroatoms. The summed E-state index contributed by atoms with van der Waals surface area (Å²) in [5.74, 6) is 0. The molecule has 2 aromatic carbocycles. The quantitative estimate of drug-likeness (QED) is 0.751. The second-order valence-corrected chi connectivity index (χ2v) is 7.05. The lowest BCUT2D eigenvalue weighted by Gasteiger charge is -2.38. The van der Waals surface area contributed by atoms with E-state index in [0.717, 1.165) is 5.70 Å². The minimum absolute atomic E-state index is 0.0161. The molecule has 0 aromatic heterocycles. The van der Waals surface area contributed by atoms with Gasteiger partial charge in [-0.15, -0.1) is 0 Å². The summed E-state index contributed by atoms with van der Waals surface area (Å²) in [6, 6.07) is 17.4. The molecule has 2 aromatic rings. The fraction of sp³-hybridized carbons (Fsp3) is 0.0833. The van der Waals surface area contributed by atoms with Gasteiger partial charge in [0.15, 0.2) is 0 Å². The Bertz CT molecular complexity index is 1050. The minimum Gasteiger partial charge on any atom is -0.489 e. The molecule has 2 aliphatic carbocycles. The van der Waals surface area contributed by atoms with Crippen molar-refractivity contribution in [3.05, 3.63) is 119 Å². The number of allylic oxidation sites excluding steroid dienone is 4. The van der Waals surface area contributed by atoms with Crippen molar-refractivity contribution < 1.29 is 4.74 Å². The highest BCUT2D eigenvalue weighted by atomic mass is 16.5. The van der Waals surface area contributed by atoms with Gasteiger partial charge in [-0.1, -0.05) is 60.7 Å². The van der Waals surface area contributed by atoms with Gasteiger partial charge in [-0.3, -0.25) is 0 Å². The van der Waals surface area contributed by atoms with Crippen molar-refractivity contribution in [1.29, 1.82) is 0 Å². The largest absolute Gasteiger partial charge is 0.489 e. The van der Waals surface area contributed by atoms with E-state index in [2.05, 4.69) is 84.2 Å². The Morgan fingerprint density at radius 3 is 2.38 bits per heavy atom. The summed E-state index contributed by atoms with van der Waals surface area (Å²) < 4.78 is 5.73. The van der Waals surface area contributed by atoms with Crippen LogP contribution in [0.1, 0.15) is 11.1 Å². The Morgan fingerprint density at radius 1 is 0.885 bits per heavy atom. The van der Waals surface area contributed by atoms with Crippen LogP contribution in [-0.2, 0) is 10.3 Å². The minimum atomic E-state index is -0.310. The van der Waals surface area contributed by atoms with E-state index in [1.54, 1.807) is 6.26 Å². The van der Waals surface area contributed by atoms with Crippen molar-refractivity contribution >= 4 is 0 Å². The summed E-state index contributed by atoms with van der Waals surface area (Å²) in [5, 5.41) is 3.86. The molecule has 4 aliphatic rings. The fourth-order valence-electron chi connectivity index (χ4n) is 4.60. The smallest absolute Gasteiger partial charge is 0.142 e. The maximum atomic E-state index is 5.73. The summed E-state index contributed by atoms with van der Waals surface area (Å²) >= 11 is 0. The molecule has 1 spiro atoms. The van der Waals surface area contributed by atoms with Crippen LogP contribution in [0, 0.1) is 0 Å². The highest BCUT2D eigenvalue weighted by molar-refractivity contribution is 5.83. The van der Waals surface area contributed by atoms with Crippen LogP contribution in [0.15, 0.2) is 108 Å². The van der Waals surface area contributed by atoms with Crippen LogP contribution in [-0.4, -0.2) is 6.10 Å². The molecule has 2 nitrogen and oxygen atoms in total. The molecule has 0 fully saturated rings. The van der Waals surface area contributed by atoms with Gasteiger partial charge in [-0.25, -0.2) is 0 Å². The Hall–Kier alpha value is -3.26. The van der Waals surface area contributed by atoms with Gasteiger partial charge < -0.3 is 10.1 Å². The average molecular weight is 335 g/mol. The third-order valence-electron chi connectivity index (χ3n) is 5.75. The Balaban J connectivity index is 1.56. The molecule has 1 N–H and O–H groups in total. The molecule has 0 radical (unpaired) electrons.